The zero-order chi connectivity index (χ0) is 19.4. The van der Waals surface area contributed by atoms with E-state index in [1.165, 1.54) is 5.01 Å². The summed E-state index contributed by atoms with van der Waals surface area (Å²) in [5.74, 6) is -0.230. The molecule has 1 aliphatic carbocycles. The van der Waals surface area contributed by atoms with E-state index in [0.717, 1.165) is 36.1 Å². The third-order valence-electron chi connectivity index (χ3n) is 4.47. The minimum absolute atomic E-state index is 0.178. The van der Waals surface area contributed by atoms with E-state index in [0.29, 0.717) is 11.3 Å². The summed E-state index contributed by atoms with van der Waals surface area (Å²) in [6.45, 7) is 7.28. The summed E-state index contributed by atoms with van der Waals surface area (Å²) in [6, 6.07) is 9.28. The number of hydrogen-bond donors (Lipinski definition) is 1. The minimum atomic E-state index is -0.464. The molecule has 1 aliphatic rings. The average molecular weight is 366 g/mol. The number of ether oxygens (including phenoxy) is 1. The van der Waals surface area contributed by atoms with Crippen LogP contribution in [0.3, 0.4) is 0 Å². The maximum Gasteiger partial charge on any atom is 0.335 e. The van der Waals surface area contributed by atoms with Gasteiger partial charge in [-0.1, -0.05) is 30.3 Å². The van der Waals surface area contributed by atoms with Gasteiger partial charge in [-0.05, 0) is 33.1 Å². The molecule has 0 unspecified atom stereocenters. The van der Waals surface area contributed by atoms with Crippen molar-refractivity contribution in [2.45, 2.75) is 33.1 Å². The van der Waals surface area contributed by atoms with Crippen molar-refractivity contribution in [2.75, 3.05) is 11.6 Å². The van der Waals surface area contributed by atoms with Crippen LogP contribution in [0.2, 0.25) is 0 Å². The van der Waals surface area contributed by atoms with Crippen molar-refractivity contribution in [3.8, 4) is 0 Å². The number of esters is 1. The fourth-order valence-electron chi connectivity index (χ4n) is 3.20. The summed E-state index contributed by atoms with van der Waals surface area (Å²) >= 11 is 0. The number of nitrogens with one attached hydrogen (secondary N) is 1. The Hall–Kier alpha value is -3.22. The predicted octanol–water partition coefficient (Wildman–Crippen LogP) is 2.67. The number of carbonyl (C=O) groups excluding carboxylic acids is 1. The summed E-state index contributed by atoms with van der Waals surface area (Å²) in [5.41, 5.74) is 2.85. The number of aromatic amines is 1. The van der Waals surface area contributed by atoms with Crippen molar-refractivity contribution in [3.63, 3.8) is 0 Å². The molecule has 1 N–H and O–H groups in total. The monoisotopic (exact) mass is 366 g/mol. The van der Waals surface area contributed by atoms with Gasteiger partial charge in [0.1, 0.15) is 0 Å². The van der Waals surface area contributed by atoms with Crippen LogP contribution in [-0.4, -0.2) is 29.3 Å². The molecular formula is C20H22N4O3. The number of aromatic nitrogens is 2. The lowest BCUT2D eigenvalue weighted by molar-refractivity contribution is -0.138. The second-order valence-corrected chi connectivity index (χ2v) is 6.18. The molecular weight excluding hydrogens is 344 g/mol. The van der Waals surface area contributed by atoms with Crippen LogP contribution in [0.25, 0.3) is 5.70 Å². The number of anilines is 1. The average Bonchev–Trinajstić information content (AvgIpc) is 3.15. The van der Waals surface area contributed by atoms with E-state index in [-0.39, 0.29) is 18.1 Å². The van der Waals surface area contributed by atoms with Crippen molar-refractivity contribution in [1.29, 1.82) is 0 Å². The van der Waals surface area contributed by atoms with Crippen LogP contribution < -0.4 is 10.6 Å². The molecule has 140 valence electrons. The molecule has 0 radical (unpaired) electrons. The number of H-pyrrole nitrogens is 1. The van der Waals surface area contributed by atoms with Gasteiger partial charge in [-0.3, -0.25) is 9.78 Å². The zero-order valence-corrected chi connectivity index (χ0v) is 15.5. The first-order valence-electron chi connectivity index (χ1n) is 8.89. The van der Waals surface area contributed by atoms with Crippen molar-refractivity contribution in [2.24, 2.45) is 5.10 Å². The number of hydrazone groups is 1. The van der Waals surface area contributed by atoms with E-state index in [9.17, 15) is 9.59 Å². The zero-order valence-electron chi connectivity index (χ0n) is 15.5. The van der Waals surface area contributed by atoms with Gasteiger partial charge in [0, 0.05) is 17.8 Å². The molecule has 0 aliphatic heterocycles. The van der Waals surface area contributed by atoms with Gasteiger partial charge >= 0.3 is 5.97 Å². The van der Waals surface area contributed by atoms with Gasteiger partial charge in [0.2, 0.25) is 5.95 Å². The Kier molecular flexibility index (Phi) is 5.49. The fourth-order valence-corrected chi connectivity index (χ4v) is 3.20. The van der Waals surface area contributed by atoms with Gasteiger partial charge in [0.15, 0.2) is 0 Å². The third kappa shape index (κ3) is 3.67. The SMILES string of the molecule is C=NN(/C(=C(\C)C(=O)OCC)c1ccccc1)c1nc2c(c(=O)[nH]1)CCC2. The van der Waals surface area contributed by atoms with Crippen LogP contribution in [0.5, 0.6) is 0 Å². The minimum Gasteiger partial charge on any atom is -0.463 e. The Balaban J connectivity index is 2.17. The first-order valence-corrected chi connectivity index (χ1v) is 8.89. The molecule has 0 saturated carbocycles. The summed E-state index contributed by atoms with van der Waals surface area (Å²) in [7, 11) is 0. The van der Waals surface area contributed by atoms with Crippen LogP contribution in [0.15, 0.2) is 45.8 Å². The molecule has 0 atom stereocenters. The van der Waals surface area contributed by atoms with Crippen LogP contribution in [0, 0.1) is 0 Å². The smallest absolute Gasteiger partial charge is 0.335 e. The van der Waals surface area contributed by atoms with Gasteiger partial charge < -0.3 is 4.74 Å². The molecule has 1 aromatic heterocycles. The van der Waals surface area contributed by atoms with Crippen molar-refractivity contribution >= 4 is 24.3 Å². The highest BCUT2D eigenvalue weighted by Crippen LogP contribution is 2.28. The summed E-state index contributed by atoms with van der Waals surface area (Å²) < 4.78 is 5.16. The van der Waals surface area contributed by atoms with Crippen LogP contribution >= 0.6 is 0 Å². The van der Waals surface area contributed by atoms with E-state index in [2.05, 4.69) is 21.8 Å². The maximum atomic E-state index is 12.4. The fraction of sp³-hybridized carbons (Fsp3) is 0.300. The van der Waals surface area contributed by atoms with E-state index in [1.54, 1.807) is 13.8 Å². The Morgan fingerprint density at radius 1 is 1.33 bits per heavy atom. The van der Waals surface area contributed by atoms with Gasteiger partial charge in [-0.2, -0.15) is 10.1 Å². The number of carbonyl (C=O) groups is 1. The molecule has 7 nitrogen and oxygen atoms in total. The Morgan fingerprint density at radius 3 is 2.74 bits per heavy atom. The quantitative estimate of drug-likeness (QED) is 0.368. The number of nitrogens with zero attached hydrogens (tertiary/aromatic N) is 3. The summed E-state index contributed by atoms with van der Waals surface area (Å²) in [5, 5.41) is 5.44. The molecule has 1 aromatic carbocycles. The Morgan fingerprint density at radius 2 is 2.07 bits per heavy atom. The van der Waals surface area contributed by atoms with Gasteiger partial charge in [0.25, 0.3) is 5.56 Å². The predicted molar refractivity (Wildman–Crippen MR) is 105 cm³/mol. The second kappa shape index (κ2) is 7.99. The second-order valence-electron chi connectivity index (χ2n) is 6.18. The number of benzene rings is 1. The number of aryl methyl sites for hydroxylation is 1. The summed E-state index contributed by atoms with van der Waals surface area (Å²) in [6.07, 6.45) is 2.38. The normalized spacial score (nSPS) is 13.6. The van der Waals surface area contributed by atoms with Crippen LogP contribution in [0.4, 0.5) is 5.95 Å². The third-order valence-corrected chi connectivity index (χ3v) is 4.47. The summed E-state index contributed by atoms with van der Waals surface area (Å²) in [4.78, 5) is 32.2. The van der Waals surface area contributed by atoms with E-state index < -0.39 is 5.97 Å². The Labute approximate surface area is 157 Å². The first-order chi connectivity index (χ1) is 13.1. The molecule has 0 spiro atoms. The van der Waals surface area contributed by atoms with Crippen molar-refractivity contribution in [1.82, 2.24) is 9.97 Å². The molecule has 27 heavy (non-hydrogen) atoms. The molecule has 0 fully saturated rings. The highest BCUT2D eigenvalue weighted by Gasteiger charge is 2.25. The first kappa shape index (κ1) is 18.6. The van der Waals surface area contributed by atoms with Crippen LogP contribution in [0.1, 0.15) is 37.1 Å². The van der Waals surface area contributed by atoms with Crippen LogP contribution in [-0.2, 0) is 22.4 Å². The van der Waals surface area contributed by atoms with E-state index in [4.69, 9.17) is 4.74 Å². The largest absolute Gasteiger partial charge is 0.463 e. The molecule has 0 saturated heterocycles. The van der Waals surface area contributed by atoms with Crippen molar-refractivity contribution in [3.05, 3.63) is 63.1 Å². The molecule has 3 rings (SSSR count). The van der Waals surface area contributed by atoms with Crippen molar-refractivity contribution < 1.29 is 9.53 Å². The van der Waals surface area contributed by atoms with Gasteiger partial charge in [0.05, 0.1) is 23.6 Å². The lowest BCUT2D eigenvalue weighted by Crippen LogP contribution is -2.25. The maximum absolute atomic E-state index is 12.4. The number of hydrogen-bond acceptors (Lipinski definition) is 6. The standard InChI is InChI=1S/C20H22N4O3/c1-4-27-19(26)13(2)17(14-9-6-5-7-10-14)24(21-3)20-22-16-12-8-11-15(16)18(25)23-20/h5-7,9-10H,3-4,8,11-12H2,1-2H3,(H,22,23,25)/b17-13+. The molecule has 7 heteroatoms. The Bertz CT molecular complexity index is 947. The molecule has 0 amide bonds. The lowest BCUT2D eigenvalue weighted by atomic mass is 10.1. The highest BCUT2D eigenvalue weighted by atomic mass is 16.5. The molecule has 2 aromatic rings. The highest BCUT2D eigenvalue weighted by molar-refractivity contribution is 5.99. The molecule has 1 heterocycles. The number of fused-ring (bicyclic) bond motifs is 1. The van der Waals surface area contributed by atoms with Gasteiger partial charge in [-0.15, -0.1) is 0 Å². The van der Waals surface area contributed by atoms with E-state index >= 15 is 0 Å². The topological polar surface area (TPSA) is 87.7 Å². The lowest BCUT2D eigenvalue weighted by Gasteiger charge is -2.23. The van der Waals surface area contributed by atoms with E-state index in [1.807, 2.05) is 30.3 Å². The number of rotatable bonds is 6. The molecule has 0 bridgehead atoms. The van der Waals surface area contributed by atoms with Gasteiger partial charge in [-0.25, -0.2) is 9.78 Å².